The highest BCUT2D eigenvalue weighted by atomic mass is 32.1. The van der Waals surface area contributed by atoms with Crippen LogP contribution in [0, 0.1) is 13.8 Å². The van der Waals surface area contributed by atoms with Crippen molar-refractivity contribution in [3.05, 3.63) is 20.2 Å². The minimum atomic E-state index is -0.856. The Bertz CT molecular complexity index is 342. The number of hydrogen-bond donors (Lipinski definition) is 2. The molecular weight excluding hydrogens is 190 g/mol. The van der Waals surface area contributed by atoms with E-state index in [-0.39, 0.29) is 18.0 Å². The number of rotatable bonds is 3. The first-order chi connectivity index (χ1) is 6.06. The van der Waals surface area contributed by atoms with Crippen LogP contribution >= 0.6 is 11.3 Å². The van der Waals surface area contributed by atoms with Crippen molar-refractivity contribution in [1.82, 2.24) is 4.57 Å². The molecule has 0 aliphatic rings. The molecule has 1 unspecified atom stereocenters. The Hall–Kier alpha value is -0.650. The van der Waals surface area contributed by atoms with Gasteiger partial charge in [0.25, 0.3) is 0 Å². The third-order valence-electron chi connectivity index (χ3n) is 1.98. The quantitative estimate of drug-likeness (QED) is 0.720. The van der Waals surface area contributed by atoms with Crippen LogP contribution < -0.4 is 4.87 Å². The zero-order chi connectivity index (χ0) is 10.0. The van der Waals surface area contributed by atoms with Crippen LogP contribution in [-0.4, -0.2) is 27.5 Å². The fourth-order valence-corrected chi connectivity index (χ4v) is 1.91. The van der Waals surface area contributed by atoms with Crippen molar-refractivity contribution in [2.24, 2.45) is 0 Å². The maximum Gasteiger partial charge on any atom is 0.307 e. The summed E-state index contributed by atoms with van der Waals surface area (Å²) in [6, 6.07) is 0. The van der Waals surface area contributed by atoms with E-state index in [9.17, 15) is 4.79 Å². The maximum atomic E-state index is 11.3. The van der Waals surface area contributed by atoms with Crippen molar-refractivity contribution in [3.8, 4) is 0 Å². The molecule has 0 fully saturated rings. The number of aromatic nitrogens is 1. The van der Waals surface area contributed by atoms with Gasteiger partial charge >= 0.3 is 4.87 Å². The third kappa shape index (κ3) is 2.18. The minimum absolute atomic E-state index is 0.0810. The van der Waals surface area contributed by atoms with Crippen molar-refractivity contribution in [3.63, 3.8) is 0 Å². The summed E-state index contributed by atoms with van der Waals surface area (Å²) in [4.78, 5) is 12.2. The Morgan fingerprint density at radius 2 is 2.15 bits per heavy atom. The van der Waals surface area contributed by atoms with E-state index in [4.69, 9.17) is 10.2 Å². The molecule has 1 aromatic heterocycles. The molecule has 0 bridgehead atoms. The van der Waals surface area contributed by atoms with Gasteiger partial charge in [-0.15, -0.1) is 0 Å². The van der Waals surface area contributed by atoms with Gasteiger partial charge < -0.3 is 14.8 Å². The molecular formula is C8H13NO3S. The van der Waals surface area contributed by atoms with Crippen LogP contribution in [-0.2, 0) is 6.54 Å². The molecule has 0 amide bonds. The van der Waals surface area contributed by atoms with E-state index >= 15 is 0 Å². The van der Waals surface area contributed by atoms with Crippen LogP contribution in [0.4, 0.5) is 0 Å². The van der Waals surface area contributed by atoms with E-state index in [1.165, 1.54) is 4.57 Å². The molecule has 1 rings (SSSR count). The van der Waals surface area contributed by atoms with Gasteiger partial charge in [0.05, 0.1) is 19.3 Å². The van der Waals surface area contributed by atoms with Gasteiger partial charge in [-0.3, -0.25) is 4.79 Å². The van der Waals surface area contributed by atoms with Crippen LogP contribution in [0.3, 0.4) is 0 Å². The number of aryl methyl sites for hydroxylation is 1. The molecule has 0 aliphatic heterocycles. The monoisotopic (exact) mass is 203 g/mol. The van der Waals surface area contributed by atoms with Crippen LogP contribution in [0.2, 0.25) is 0 Å². The Morgan fingerprint density at radius 1 is 1.54 bits per heavy atom. The third-order valence-corrected chi connectivity index (χ3v) is 2.98. The lowest BCUT2D eigenvalue weighted by atomic mass is 10.3. The Morgan fingerprint density at radius 3 is 2.54 bits per heavy atom. The lowest BCUT2D eigenvalue weighted by Gasteiger charge is -2.08. The Balaban J connectivity index is 2.94. The molecule has 0 aromatic carbocycles. The summed E-state index contributed by atoms with van der Waals surface area (Å²) < 4.78 is 1.49. The highest BCUT2D eigenvalue weighted by Gasteiger charge is 2.10. The summed E-state index contributed by atoms with van der Waals surface area (Å²) in [5.41, 5.74) is 0.863. The van der Waals surface area contributed by atoms with Crippen molar-refractivity contribution >= 4 is 11.3 Å². The second-order valence-corrected chi connectivity index (χ2v) is 4.12. The average molecular weight is 203 g/mol. The molecule has 1 atom stereocenters. The lowest BCUT2D eigenvalue weighted by molar-refractivity contribution is 0.0803. The summed E-state index contributed by atoms with van der Waals surface area (Å²) in [7, 11) is 0. The smallest absolute Gasteiger partial charge is 0.307 e. The van der Waals surface area contributed by atoms with Gasteiger partial charge in [-0.25, -0.2) is 0 Å². The number of nitrogens with zero attached hydrogens (tertiary/aromatic N) is 1. The van der Waals surface area contributed by atoms with Crippen molar-refractivity contribution < 1.29 is 10.2 Å². The largest absolute Gasteiger partial charge is 0.394 e. The predicted octanol–water partition coefficient (Wildman–Crippen LogP) is -0.120. The van der Waals surface area contributed by atoms with Gasteiger partial charge in [0, 0.05) is 10.6 Å². The van der Waals surface area contributed by atoms with E-state index in [2.05, 4.69) is 0 Å². The molecule has 0 saturated carbocycles. The van der Waals surface area contributed by atoms with E-state index < -0.39 is 6.10 Å². The first-order valence-corrected chi connectivity index (χ1v) is 4.83. The highest BCUT2D eigenvalue weighted by molar-refractivity contribution is 7.09. The van der Waals surface area contributed by atoms with E-state index in [1.807, 2.05) is 13.8 Å². The molecule has 13 heavy (non-hydrogen) atoms. The fraction of sp³-hybridized carbons (Fsp3) is 0.625. The Labute approximate surface area is 80.1 Å². The summed E-state index contributed by atoms with van der Waals surface area (Å²) in [6.07, 6.45) is -0.856. The second kappa shape index (κ2) is 4.04. The summed E-state index contributed by atoms with van der Waals surface area (Å²) in [6.45, 7) is 3.55. The first kappa shape index (κ1) is 10.4. The van der Waals surface area contributed by atoms with E-state index in [0.717, 1.165) is 21.9 Å². The summed E-state index contributed by atoms with van der Waals surface area (Å²) in [5.74, 6) is 0. The number of aliphatic hydroxyl groups excluding tert-OH is 2. The van der Waals surface area contributed by atoms with Crippen LogP contribution in [0.5, 0.6) is 0 Å². The second-order valence-electron chi connectivity index (χ2n) is 2.96. The van der Waals surface area contributed by atoms with Crippen LogP contribution in [0.1, 0.15) is 10.6 Å². The van der Waals surface area contributed by atoms with Crippen molar-refractivity contribution in [2.75, 3.05) is 6.61 Å². The normalized spacial score (nSPS) is 13.2. The van der Waals surface area contributed by atoms with Gasteiger partial charge in [0.2, 0.25) is 0 Å². The Kier molecular flexibility index (Phi) is 3.24. The van der Waals surface area contributed by atoms with Crippen LogP contribution in [0.25, 0.3) is 0 Å². The molecule has 2 N–H and O–H groups in total. The topological polar surface area (TPSA) is 62.5 Å². The van der Waals surface area contributed by atoms with Crippen molar-refractivity contribution in [2.45, 2.75) is 26.5 Å². The molecule has 1 heterocycles. The van der Waals surface area contributed by atoms with Crippen molar-refractivity contribution in [1.29, 1.82) is 0 Å². The molecule has 5 heteroatoms. The standard InChI is InChI=1S/C8H13NO3S/c1-5-6(2)13-8(12)9(5)3-7(11)4-10/h7,10-11H,3-4H2,1-2H3. The van der Waals surface area contributed by atoms with Crippen LogP contribution in [0.15, 0.2) is 4.79 Å². The fourth-order valence-electron chi connectivity index (χ4n) is 1.07. The number of hydrogen-bond acceptors (Lipinski definition) is 4. The zero-order valence-corrected chi connectivity index (χ0v) is 8.47. The van der Waals surface area contributed by atoms with Gasteiger partial charge in [0.1, 0.15) is 0 Å². The number of thiazole rings is 1. The molecule has 4 nitrogen and oxygen atoms in total. The molecule has 74 valence electrons. The van der Waals surface area contributed by atoms with Gasteiger partial charge in [-0.1, -0.05) is 11.3 Å². The molecule has 0 saturated heterocycles. The summed E-state index contributed by atoms with van der Waals surface area (Å²) in [5, 5.41) is 17.8. The average Bonchev–Trinajstić information content (AvgIpc) is 2.32. The lowest BCUT2D eigenvalue weighted by Crippen LogP contribution is -2.26. The molecule has 0 aliphatic carbocycles. The summed E-state index contributed by atoms with van der Waals surface area (Å²) >= 11 is 1.16. The highest BCUT2D eigenvalue weighted by Crippen LogP contribution is 2.09. The maximum absolute atomic E-state index is 11.3. The van der Waals surface area contributed by atoms with E-state index in [1.54, 1.807) is 0 Å². The SMILES string of the molecule is Cc1sc(=O)n(CC(O)CO)c1C. The van der Waals surface area contributed by atoms with Gasteiger partial charge in [-0.05, 0) is 13.8 Å². The first-order valence-electron chi connectivity index (χ1n) is 4.02. The molecule has 0 radical (unpaired) electrons. The van der Waals surface area contributed by atoms with Gasteiger partial charge in [-0.2, -0.15) is 0 Å². The predicted molar refractivity (Wildman–Crippen MR) is 51.1 cm³/mol. The molecule has 0 spiro atoms. The number of aliphatic hydroxyl groups is 2. The molecule has 1 aromatic rings. The zero-order valence-electron chi connectivity index (χ0n) is 7.65. The van der Waals surface area contributed by atoms with E-state index in [0.29, 0.717) is 0 Å². The van der Waals surface area contributed by atoms with Gasteiger partial charge in [0.15, 0.2) is 0 Å². The minimum Gasteiger partial charge on any atom is -0.394 e.